The summed E-state index contributed by atoms with van der Waals surface area (Å²) < 4.78 is 5.19. The van der Waals surface area contributed by atoms with Crippen LogP contribution in [0, 0.1) is 13.8 Å². The minimum absolute atomic E-state index is 0.103. The zero-order valence-electron chi connectivity index (χ0n) is 12.9. The molecule has 0 aliphatic heterocycles. The van der Waals surface area contributed by atoms with Gasteiger partial charge in [-0.1, -0.05) is 0 Å². The second kappa shape index (κ2) is 6.27. The highest BCUT2D eigenvalue weighted by Crippen LogP contribution is 2.21. The van der Waals surface area contributed by atoms with Crippen molar-refractivity contribution in [2.45, 2.75) is 33.8 Å². The van der Waals surface area contributed by atoms with Gasteiger partial charge in [-0.05, 0) is 44.7 Å². The van der Waals surface area contributed by atoms with Crippen molar-refractivity contribution >= 4 is 28.9 Å². The number of hydrogen-bond donors (Lipinski definition) is 1. The predicted octanol–water partition coefficient (Wildman–Crippen LogP) is 3.32. The predicted molar refractivity (Wildman–Crippen MR) is 83.8 cm³/mol. The van der Waals surface area contributed by atoms with Crippen LogP contribution in [-0.2, 0) is 4.74 Å². The standard InChI is InChI=1S/C16H17NO4S/c1-8-13(10(3)18)9(2)17-14(8)15(19)11(4)21-16(20)12-5-6-22-7-12/h5-7,11,17H,1-4H3. The SMILES string of the molecule is CC(=O)c1c(C)[nH]c(C(=O)C(C)OC(=O)c2ccsc2)c1C. The Morgan fingerprint density at radius 3 is 2.45 bits per heavy atom. The Morgan fingerprint density at radius 2 is 1.95 bits per heavy atom. The summed E-state index contributed by atoms with van der Waals surface area (Å²) >= 11 is 1.38. The van der Waals surface area contributed by atoms with Crippen molar-refractivity contribution in [2.24, 2.45) is 0 Å². The molecule has 22 heavy (non-hydrogen) atoms. The molecule has 6 heteroatoms. The van der Waals surface area contributed by atoms with Crippen molar-refractivity contribution in [1.29, 1.82) is 0 Å². The van der Waals surface area contributed by atoms with E-state index in [1.807, 2.05) is 0 Å². The molecular formula is C16H17NO4S. The van der Waals surface area contributed by atoms with Crippen LogP contribution < -0.4 is 0 Å². The molecule has 0 aromatic carbocycles. The van der Waals surface area contributed by atoms with E-state index in [1.54, 1.807) is 30.7 Å². The van der Waals surface area contributed by atoms with E-state index < -0.39 is 12.1 Å². The number of thiophene rings is 1. The van der Waals surface area contributed by atoms with Gasteiger partial charge in [0.15, 0.2) is 11.9 Å². The molecule has 0 aliphatic carbocycles. The number of H-pyrrole nitrogens is 1. The molecule has 2 aromatic heterocycles. The Hall–Kier alpha value is -2.21. The van der Waals surface area contributed by atoms with E-state index in [0.29, 0.717) is 28.1 Å². The molecular weight excluding hydrogens is 302 g/mol. The van der Waals surface area contributed by atoms with Crippen molar-refractivity contribution in [3.63, 3.8) is 0 Å². The maximum atomic E-state index is 12.4. The maximum Gasteiger partial charge on any atom is 0.339 e. The van der Waals surface area contributed by atoms with Gasteiger partial charge < -0.3 is 9.72 Å². The highest BCUT2D eigenvalue weighted by molar-refractivity contribution is 7.08. The van der Waals surface area contributed by atoms with Gasteiger partial charge in [0, 0.05) is 16.6 Å². The number of carbonyl (C=O) groups is 3. The van der Waals surface area contributed by atoms with Crippen molar-refractivity contribution in [3.05, 3.63) is 44.9 Å². The first kappa shape index (κ1) is 16.2. The Bertz CT molecular complexity index is 728. The van der Waals surface area contributed by atoms with Gasteiger partial charge in [-0.3, -0.25) is 9.59 Å². The fourth-order valence-electron chi connectivity index (χ4n) is 2.39. The number of ether oxygens (including phenoxy) is 1. The first-order chi connectivity index (χ1) is 10.3. The lowest BCUT2D eigenvalue weighted by Gasteiger charge is -2.11. The van der Waals surface area contributed by atoms with E-state index in [2.05, 4.69) is 4.98 Å². The van der Waals surface area contributed by atoms with Gasteiger partial charge >= 0.3 is 5.97 Å². The Kier molecular flexibility index (Phi) is 4.61. The molecule has 2 heterocycles. The molecule has 0 aliphatic rings. The third-order valence-corrected chi connectivity index (χ3v) is 4.13. The molecule has 116 valence electrons. The summed E-state index contributed by atoms with van der Waals surface area (Å²) in [5.74, 6) is -0.986. The summed E-state index contributed by atoms with van der Waals surface area (Å²) in [6.07, 6.45) is -0.927. The molecule has 0 saturated carbocycles. The number of aromatic amines is 1. The van der Waals surface area contributed by atoms with Gasteiger partial charge in [0.25, 0.3) is 0 Å². The lowest BCUT2D eigenvalue weighted by Crippen LogP contribution is -2.25. The highest BCUT2D eigenvalue weighted by Gasteiger charge is 2.26. The number of Topliss-reactive ketones (excluding diaryl/α,β-unsaturated/α-hetero) is 2. The molecule has 2 rings (SSSR count). The largest absolute Gasteiger partial charge is 0.451 e. The minimum Gasteiger partial charge on any atom is -0.451 e. The minimum atomic E-state index is -0.927. The van der Waals surface area contributed by atoms with Gasteiger partial charge in [0.05, 0.1) is 11.3 Å². The molecule has 1 unspecified atom stereocenters. The fraction of sp³-hybridized carbons (Fsp3) is 0.312. The van der Waals surface area contributed by atoms with Crippen molar-refractivity contribution in [3.8, 4) is 0 Å². The summed E-state index contributed by atoms with van der Waals surface area (Å²) in [7, 11) is 0. The van der Waals surface area contributed by atoms with E-state index in [4.69, 9.17) is 4.74 Å². The monoisotopic (exact) mass is 319 g/mol. The van der Waals surface area contributed by atoms with E-state index in [0.717, 1.165) is 0 Å². The first-order valence-electron chi connectivity index (χ1n) is 6.80. The molecule has 0 spiro atoms. The molecule has 0 saturated heterocycles. The average Bonchev–Trinajstić information content (AvgIpc) is 3.05. The molecule has 0 fully saturated rings. The van der Waals surface area contributed by atoms with Crippen LogP contribution in [0.3, 0.4) is 0 Å². The van der Waals surface area contributed by atoms with Crippen LogP contribution in [0.15, 0.2) is 16.8 Å². The van der Waals surface area contributed by atoms with Crippen LogP contribution in [0.1, 0.15) is 56.3 Å². The van der Waals surface area contributed by atoms with E-state index in [1.165, 1.54) is 25.2 Å². The highest BCUT2D eigenvalue weighted by atomic mass is 32.1. The maximum absolute atomic E-state index is 12.4. The van der Waals surface area contributed by atoms with Gasteiger partial charge in [0.1, 0.15) is 0 Å². The fourth-order valence-corrected chi connectivity index (χ4v) is 3.02. The average molecular weight is 319 g/mol. The molecule has 1 N–H and O–H groups in total. The second-order valence-electron chi connectivity index (χ2n) is 5.10. The zero-order valence-corrected chi connectivity index (χ0v) is 13.7. The van der Waals surface area contributed by atoms with Gasteiger partial charge in [0.2, 0.25) is 5.78 Å². The molecule has 5 nitrogen and oxygen atoms in total. The number of esters is 1. The van der Waals surface area contributed by atoms with Crippen LogP contribution in [0.4, 0.5) is 0 Å². The lowest BCUT2D eigenvalue weighted by molar-refractivity contribution is 0.0317. The summed E-state index contributed by atoms with van der Waals surface area (Å²) in [6, 6.07) is 1.64. The molecule has 0 bridgehead atoms. The number of carbonyl (C=O) groups excluding carboxylic acids is 3. The molecule has 1 atom stereocenters. The molecule has 0 amide bonds. The lowest BCUT2D eigenvalue weighted by atomic mass is 10.0. The Morgan fingerprint density at radius 1 is 1.27 bits per heavy atom. The van der Waals surface area contributed by atoms with Crippen LogP contribution in [0.25, 0.3) is 0 Å². The van der Waals surface area contributed by atoms with Crippen molar-refractivity contribution in [2.75, 3.05) is 0 Å². The Balaban J connectivity index is 2.19. The topological polar surface area (TPSA) is 76.2 Å². The quantitative estimate of drug-likeness (QED) is 0.677. The van der Waals surface area contributed by atoms with Crippen molar-refractivity contribution in [1.82, 2.24) is 4.98 Å². The summed E-state index contributed by atoms with van der Waals surface area (Å²) in [4.78, 5) is 38.9. The number of hydrogen-bond acceptors (Lipinski definition) is 5. The Labute approximate surface area is 132 Å². The van der Waals surface area contributed by atoms with Gasteiger partial charge in [-0.15, -0.1) is 0 Å². The third kappa shape index (κ3) is 3.01. The van der Waals surface area contributed by atoms with Gasteiger partial charge in [-0.25, -0.2) is 4.79 Å². The number of aryl methyl sites for hydroxylation is 1. The normalized spacial score (nSPS) is 12.0. The summed E-state index contributed by atoms with van der Waals surface area (Å²) in [6.45, 7) is 6.43. The molecule has 0 radical (unpaired) electrons. The first-order valence-corrected chi connectivity index (χ1v) is 7.74. The zero-order chi connectivity index (χ0) is 16.4. The van der Waals surface area contributed by atoms with Crippen LogP contribution >= 0.6 is 11.3 Å². The third-order valence-electron chi connectivity index (χ3n) is 3.45. The van der Waals surface area contributed by atoms with E-state index in [-0.39, 0.29) is 11.6 Å². The van der Waals surface area contributed by atoms with Gasteiger partial charge in [-0.2, -0.15) is 11.3 Å². The number of aromatic nitrogens is 1. The van der Waals surface area contributed by atoms with Crippen LogP contribution in [0.5, 0.6) is 0 Å². The van der Waals surface area contributed by atoms with Crippen molar-refractivity contribution < 1.29 is 19.1 Å². The van der Waals surface area contributed by atoms with Crippen LogP contribution in [0.2, 0.25) is 0 Å². The van der Waals surface area contributed by atoms with E-state index >= 15 is 0 Å². The van der Waals surface area contributed by atoms with Crippen LogP contribution in [-0.4, -0.2) is 28.6 Å². The smallest absolute Gasteiger partial charge is 0.339 e. The number of nitrogens with one attached hydrogen (secondary N) is 1. The summed E-state index contributed by atoms with van der Waals surface area (Å²) in [5.41, 5.74) is 2.49. The molecule has 2 aromatic rings. The summed E-state index contributed by atoms with van der Waals surface area (Å²) in [5, 5.41) is 3.43. The number of ketones is 2. The van der Waals surface area contributed by atoms with E-state index in [9.17, 15) is 14.4 Å². The second-order valence-corrected chi connectivity index (χ2v) is 5.89. The number of rotatable bonds is 5.